The third kappa shape index (κ3) is 16.5. The first-order chi connectivity index (χ1) is 40.7. The van der Waals surface area contributed by atoms with Crippen LogP contribution >= 0.6 is 0 Å². The van der Waals surface area contributed by atoms with Crippen LogP contribution in [-0.4, -0.2) is 130 Å². The molecule has 2 aliphatic heterocycles. The van der Waals surface area contributed by atoms with Crippen LogP contribution in [0.2, 0.25) is 0 Å². The van der Waals surface area contributed by atoms with Gasteiger partial charge in [0.1, 0.15) is 23.7 Å². The number of nitrogens with zero attached hydrogens (tertiary/aromatic N) is 4. The first kappa shape index (κ1) is 63.6. The van der Waals surface area contributed by atoms with E-state index in [1.807, 2.05) is 6.07 Å². The Morgan fingerprint density at radius 2 is 1.01 bits per heavy atom. The zero-order chi connectivity index (χ0) is 60.8. The fourth-order valence-corrected chi connectivity index (χ4v) is 13.0. The molecule has 4 amide bonds. The number of sulfonamides is 2. The minimum Gasteiger partial charge on any atom is -0.343 e. The number of hydrogen-bond acceptors (Lipinski definition) is 13. The Kier molecular flexibility index (Phi) is 21.8. The van der Waals surface area contributed by atoms with Gasteiger partial charge in [0.2, 0.25) is 43.7 Å². The number of carbonyl (C=O) groups excluding carboxylic acids is 5. The summed E-state index contributed by atoms with van der Waals surface area (Å²) in [5.74, 6) is -2.42. The van der Waals surface area contributed by atoms with Crippen LogP contribution in [0, 0.1) is 11.6 Å². The summed E-state index contributed by atoms with van der Waals surface area (Å²) in [4.78, 5) is 80.4. The van der Waals surface area contributed by atoms with Gasteiger partial charge in [0.25, 0.3) is 0 Å². The molecule has 4 aromatic carbocycles. The Balaban J connectivity index is 0.832. The Bertz CT molecular complexity index is 3580. The fraction of sp³-hybridized carbons (Fsp3) is 0.403. The highest BCUT2D eigenvalue weighted by atomic mass is 32.2. The second kappa shape index (κ2) is 29.1. The largest absolute Gasteiger partial charge is 0.343 e. The predicted molar refractivity (Wildman–Crippen MR) is 318 cm³/mol. The summed E-state index contributed by atoms with van der Waals surface area (Å²) in [5.41, 5.74) is 3.93. The maximum atomic E-state index is 14.3. The Morgan fingerprint density at radius 1 is 0.553 bits per heavy atom. The van der Waals surface area contributed by atoms with Gasteiger partial charge >= 0.3 is 0 Å². The van der Waals surface area contributed by atoms with Crippen molar-refractivity contribution in [3.8, 4) is 0 Å². The van der Waals surface area contributed by atoms with Gasteiger partial charge in [-0.1, -0.05) is 30.3 Å². The lowest BCUT2D eigenvalue weighted by molar-refractivity contribution is -0.138. The molecule has 0 spiro atoms. The van der Waals surface area contributed by atoms with E-state index in [0.717, 1.165) is 23.1 Å². The van der Waals surface area contributed by atoms with Gasteiger partial charge < -0.3 is 31.1 Å². The summed E-state index contributed by atoms with van der Waals surface area (Å²) in [6.07, 6.45) is 11.7. The Hall–Kier alpha value is -7.41. The van der Waals surface area contributed by atoms with Gasteiger partial charge in [-0.2, -0.15) is 0 Å². The second-order valence-electron chi connectivity index (χ2n) is 21.8. The van der Waals surface area contributed by atoms with Crippen LogP contribution in [0.1, 0.15) is 128 Å². The number of fused-ring (bicyclic) bond motifs is 1. The summed E-state index contributed by atoms with van der Waals surface area (Å²) in [6.45, 7) is 4.32. The maximum Gasteiger partial charge on any atom is 0.245 e. The normalized spacial score (nSPS) is 16.9. The number of likely N-dealkylation sites (tertiary alicyclic amines) is 2. The standard InChI is InChI=1S/C62H74F2N10O9S2/c1-40(65-3)59(76)71-54(61(78)73-29-9-13-56(73)47-32-43(36-67-37-47)31-42-15-21-50(63)22-16-42)11-5-7-27-69-84(80,81)52-25-19-46-35-53(26-20-45(46)34-52)85(82,83)70-28-8-6-12-55(72-60(77)41(2)66-4)62(79)74-30-10-14-57(74)48-33-49(39-68-38-48)58(75)44-17-23-51(64)24-18-44/h15-26,32-41,54-57,65-66,69-70H,5-14,27-31H2,1-4H3,(H,71,76)(H,72,77)/t40-,41-,54-,55-,56-,57-/m0/s1. The van der Waals surface area contributed by atoms with Gasteiger partial charge in [-0.25, -0.2) is 35.1 Å². The molecule has 6 N–H and O–H groups in total. The van der Waals surface area contributed by atoms with Crippen molar-refractivity contribution in [2.45, 2.75) is 131 Å². The van der Waals surface area contributed by atoms with Crippen molar-refractivity contribution in [1.29, 1.82) is 0 Å². The number of ketones is 1. The van der Waals surface area contributed by atoms with E-state index in [2.05, 4.69) is 40.7 Å². The molecule has 2 fully saturated rings. The highest BCUT2D eigenvalue weighted by Gasteiger charge is 2.37. The minimum atomic E-state index is -4.04. The number of aromatic nitrogens is 2. The third-order valence-corrected chi connectivity index (χ3v) is 18.7. The number of benzene rings is 4. The molecule has 0 aliphatic carbocycles. The van der Waals surface area contributed by atoms with Gasteiger partial charge in [0.15, 0.2) is 5.78 Å². The van der Waals surface area contributed by atoms with E-state index >= 15 is 0 Å². The fourth-order valence-electron chi connectivity index (χ4n) is 10.7. The van der Waals surface area contributed by atoms with Crippen molar-refractivity contribution < 1.29 is 49.6 Å². The molecule has 6 aromatic rings. The molecular weight excluding hydrogens is 1130 g/mol. The van der Waals surface area contributed by atoms with Crippen molar-refractivity contribution in [3.05, 3.63) is 167 Å². The molecule has 2 saturated heterocycles. The van der Waals surface area contributed by atoms with E-state index in [-0.39, 0.29) is 82.6 Å². The van der Waals surface area contributed by atoms with Crippen molar-refractivity contribution in [1.82, 2.24) is 50.5 Å². The quantitative estimate of drug-likeness (QED) is 0.0226. The number of rotatable bonds is 28. The third-order valence-electron chi connectivity index (χ3n) is 15.8. The molecule has 8 rings (SSSR count). The molecule has 6 atom stereocenters. The SMILES string of the molecule is CN[C@@H](C)C(=O)N[C@@H](CCCCNS(=O)(=O)c1ccc2cc(S(=O)(=O)NCCCC[C@H](NC(=O)[C@H](C)NC)C(=O)N3CCC[C@H]3c3cncc(C(=O)c4ccc(F)cc4)c3)ccc2c1)C(=O)N1CCC[C@H]1c1cncc(Cc2ccc(F)cc2)c1. The molecule has 0 bridgehead atoms. The number of likely N-dealkylation sites (N-methyl/N-ethyl adjacent to an activating group) is 2. The molecule has 0 unspecified atom stereocenters. The summed E-state index contributed by atoms with van der Waals surface area (Å²) >= 11 is 0. The molecule has 23 heteroatoms. The van der Waals surface area contributed by atoms with Gasteiger partial charge in [0, 0.05) is 62.1 Å². The summed E-state index contributed by atoms with van der Waals surface area (Å²) in [7, 11) is -4.78. The Labute approximate surface area is 495 Å². The molecule has 0 radical (unpaired) electrons. The number of pyridine rings is 2. The van der Waals surface area contributed by atoms with Gasteiger partial charge in [-0.15, -0.1) is 0 Å². The molecule has 2 aliphatic rings. The molecule has 452 valence electrons. The first-order valence-corrected chi connectivity index (χ1v) is 31.7. The van der Waals surface area contributed by atoms with Crippen molar-refractivity contribution in [3.63, 3.8) is 0 Å². The average molecular weight is 1210 g/mol. The van der Waals surface area contributed by atoms with E-state index < -0.39 is 56.1 Å². The van der Waals surface area contributed by atoms with Crippen molar-refractivity contribution in [2.24, 2.45) is 0 Å². The zero-order valence-corrected chi connectivity index (χ0v) is 49.8. The van der Waals surface area contributed by atoms with Gasteiger partial charge in [-0.3, -0.25) is 33.9 Å². The lowest BCUT2D eigenvalue weighted by Crippen LogP contribution is -2.52. The number of unbranched alkanes of at least 4 members (excludes halogenated alkanes) is 2. The van der Waals surface area contributed by atoms with Crippen LogP contribution in [0.4, 0.5) is 8.78 Å². The summed E-state index contributed by atoms with van der Waals surface area (Å²) < 4.78 is 86.7. The van der Waals surface area contributed by atoms with Crippen LogP contribution in [-0.2, 0) is 45.6 Å². The molecule has 4 heterocycles. The zero-order valence-electron chi connectivity index (χ0n) is 48.2. The van der Waals surface area contributed by atoms with E-state index in [1.165, 1.54) is 79.0 Å². The van der Waals surface area contributed by atoms with Gasteiger partial charge in [0.05, 0.1) is 34.0 Å². The van der Waals surface area contributed by atoms with E-state index in [0.29, 0.717) is 86.4 Å². The van der Waals surface area contributed by atoms with Crippen LogP contribution in [0.15, 0.2) is 132 Å². The molecular formula is C62H74F2N10O9S2. The molecule has 0 saturated carbocycles. The number of hydrogen-bond donors (Lipinski definition) is 6. The van der Waals surface area contributed by atoms with E-state index in [4.69, 9.17) is 0 Å². The Morgan fingerprint density at radius 3 is 1.49 bits per heavy atom. The first-order valence-electron chi connectivity index (χ1n) is 28.8. The smallest absolute Gasteiger partial charge is 0.245 e. The summed E-state index contributed by atoms with van der Waals surface area (Å²) in [5, 5.41) is 12.6. The maximum absolute atomic E-state index is 14.3. The van der Waals surface area contributed by atoms with Crippen LogP contribution < -0.4 is 30.7 Å². The van der Waals surface area contributed by atoms with E-state index in [9.17, 15) is 49.6 Å². The highest BCUT2D eigenvalue weighted by molar-refractivity contribution is 7.89. The molecule has 2 aromatic heterocycles. The lowest BCUT2D eigenvalue weighted by Gasteiger charge is -2.30. The number of carbonyl (C=O) groups is 5. The molecule has 85 heavy (non-hydrogen) atoms. The highest BCUT2D eigenvalue weighted by Crippen LogP contribution is 2.35. The van der Waals surface area contributed by atoms with Crippen molar-refractivity contribution >= 4 is 60.2 Å². The summed E-state index contributed by atoms with van der Waals surface area (Å²) in [6, 6.07) is 20.3. The van der Waals surface area contributed by atoms with Crippen LogP contribution in [0.5, 0.6) is 0 Å². The number of halogens is 2. The van der Waals surface area contributed by atoms with Crippen LogP contribution in [0.25, 0.3) is 10.8 Å². The van der Waals surface area contributed by atoms with Crippen molar-refractivity contribution in [2.75, 3.05) is 40.3 Å². The van der Waals surface area contributed by atoms with Gasteiger partial charge in [-0.05, 0) is 198 Å². The number of nitrogens with one attached hydrogen (secondary N) is 6. The van der Waals surface area contributed by atoms with Crippen LogP contribution in [0.3, 0.4) is 0 Å². The monoisotopic (exact) mass is 1200 g/mol. The average Bonchev–Trinajstić information content (AvgIpc) is 3.70. The second-order valence-corrected chi connectivity index (χ2v) is 25.3. The lowest BCUT2D eigenvalue weighted by atomic mass is 9.99. The van der Waals surface area contributed by atoms with E-state index in [1.54, 1.807) is 74.5 Å². The number of amides is 4. The minimum absolute atomic E-state index is 0.0207. The predicted octanol–water partition coefficient (Wildman–Crippen LogP) is 6.54. The topological polar surface area (TPSA) is 258 Å². The molecule has 19 nitrogen and oxygen atoms in total.